The number of sulfonamides is 1. The average molecular weight is 298 g/mol. The van der Waals surface area contributed by atoms with Gasteiger partial charge in [-0.1, -0.05) is 0 Å². The molecule has 0 aromatic carbocycles. The second-order valence-corrected chi connectivity index (χ2v) is 6.13. The number of halogens is 1. The van der Waals surface area contributed by atoms with Gasteiger partial charge in [0.05, 0.1) is 0 Å². The van der Waals surface area contributed by atoms with Crippen LogP contribution in [-0.2, 0) is 10.0 Å². The van der Waals surface area contributed by atoms with Crippen LogP contribution in [0.2, 0.25) is 0 Å². The van der Waals surface area contributed by atoms with Crippen molar-refractivity contribution in [2.75, 3.05) is 0 Å². The predicted molar refractivity (Wildman–Crippen MR) is 71.1 cm³/mol. The fourth-order valence-corrected chi connectivity index (χ4v) is 3.23. The lowest BCUT2D eigenvalue weighted by Crippen LogP contribution is -2.28. The first-order valence-electron chi connectivity index (χ1n) is 6.01. The van der Waals surface area contributed by atoms with E-state index in [1.807, 2.05) is 0 Å². The molecule has 0 fully saturated rings. The van der Waals surface area contributed by atoms with Crippen LogP contribution in [-0.4, -0.2) is 13.4 Å². The van der Waals surface area contributed by atoms with E-state index >= 15 is 0 Å². The van der Waals surface area contributed by atoms with E-state index in [1.54, 1.807) is 26.8 Å². The molecule has 20 heavy (non-hydrogen) atoms. The SMILES string of the molecule is Cc1cc(C(C)NS(=O)(=O)c2ncccc2F)c(C)o1. The van der Waals surface area contributed by atoms with Crippen molar-refractivity contribution in [2.45, 2.75) is 31.8 Å². The zero-order chi connectivity index (χ0) is 14.9. The van der Waals surface area contributed by atoms with Gasteiger partial charge in [0.1, 0.15) is 11.5 Å². The van der Waals surface area contributed by atoms with Crippen LogP contribution in [0.1, 0.15) is 30.0 Å². The number of pyridine rings is 1. The Hall–Kier alpha value is -1.73. The van der Waals surface area contributed by atoms with Gasteiger partial charge in [-0.3, -0.25) is 0 Å². The Bertz CT molecular complexity index is 725. The van der Waals surface area contributed by atoms with Crippen molar-refractivity contribution in [1.82, 2.24) is 9.71 Å². The second-order valence-electron chi connectivity index (χ2n) is 4.50. The minimum Gasteiger partial charge on any atom is -0.466 e. The molecule has 0 radical (unpaired) electrons. The van der Waals surface area contributed by atoms with Gasteiger partial charge < -0.3 is 4.42 Å². The fourth-order valence-electron chi connectivity index (χ4n) is 2.00. The van der Waals surface area contributed by atoms with E-state index in [0.717, 1.165) is 6.07 Å². The van der Waals surface area contributed by atoms with Crippen LogP contribution >= 0.6 is 0 Å². The highest BCUT2D eigenvalue weighted by molar-refractivity contribution is 7.89. The first-order valence-corrected chi connectivity index (χ1v) is 7.49. The van der Waals surface area contributed by atoms with Crippen LogP contribution in [0.15, 0.2) is 33.8 Å². The molecule has 0 saturated heterocycles. The topological polar surface area (TPSA) is 72.2 Å². The smallest absolute Gasteiger partial charge is 0.261 e. The summed E-state index contributed by atoms with van der Waals surface area (Å²) in [6, 6.07) is 3.59. The highest BCUT2D eigenvalue weighted by Crippen LogP contribution is 2.23. The first-order chi connectivity index (χ1) is 9.31. The summed E-state index contributed by atoms with van der Waals surface area (Å²) in [4.78, 5) is 3.58. The van der Waals surface area contributed by atoms with E-state index in [9.17, 15) is 12.8 Å². The monoisotopic (exact) mass is 298 g/mol. The van der Waals surface area contributed by atoms with Gasteiger partial charge in [0.15, 0.2) is 5.82 Å². The van der Waals surface area contributed by atoms with Crippen LogP contribution in [0, 0.1) is 19.7 Å². The molecule has 1 atom stereocenters. The lowest BCUT2D eigenvalue weighted by Gasteiger charge is -2.13. The Labute approximate surface area is 116 Å². The van der Waals surface area contributed by atoms with E-state index in [-0.39, 0.29) is 0 Å². The van der Waals surface area contributed by atoms with E-state index in [4.69, 9.17) is 4.42 Å². The third-order valence-corrected chi connectivity index (χ3v) is 4.33. The summed E-state index contributed by atoms with van der Waals surface area (Å²) in [5.41, 5.74) is 0.711. The largest absolute Gasteiger partial charge is 0.466 e. The summed E-state index contributed by atoms with van der Waals surface area (Å²) in [5, 5.41) is -0.607. The van der Waals surface area contributed by atoms with Crippen molar-refractivity contribution >= 4 is 10.0 Å². The maximum absolute atomic E-state index is 13.5. The Morgan fingerprint density at radius 1 is 1.40 bits per heavy atom. The Morgan fingerprint density at radius 3 is 2.65 bits per heavy atom. The van der Waals surface area contributed by atoms with Gasteiger partial charge in [-0.05, 0) is 39.0 Å². The molecule has 0 saturated carbocycles. The predicted octanol–water partition coefficient (Wildman–Crippen LogP) is 2.47. The molecule has 2 aromatic heterocycles. The number of aryl methyl sites for hydroxylation is 2. The molecular weight excluding hydrogens is 283 g/mol. The van der Waals surface area contributed by atoms with Gasteiger partial charge in [-0.25, -0.2) is 22.5 Å². The van der Waals surface area contributed by atoms with Crippen LogP contribution in [0.25, 0.3) is 0 Å². The second kappa shape index (κ2) is 5.34. The normalized spacial score (nSPS) is 13.4. The molecule has 2 rings (SSSR count). The minimum atomic E-state index is -4.02. The van der Waals surface area contributed by atoms with Gasteiger partial charge in [-0.2, -0.15) is 0 Å². The van der Waals surface area contributed by atoms with Crippen molar-refractivity contribution in [1.29, 1.82) is 0 Å². The zero-order valence-electron chi connectivity index (χ0n) is 11.3. The highest BCUT2D eigenvalue weighted by atomic mass is 32.2. The molecule has 0 aliphatic heterocycles. The lowest BCUT2D eigenvalue weighted by molar-refractivity contribution is 0.495. The summed E-state index contributed by atoms with van der Waals surface area (Å²) >= 11 is 0. The molecule has 1 unspecified atom stereocenters. The van der Waals surface area contributed by atoms with E-state index in [2.05, 4.69) is 9.71 Å². The number of hydrogen-bond donors (Lipinski definition) is 1. The molecule has 7 heteroatoms. The maximum Gasteiger partial charge on any atom is 0.261 e. The molecular formula is C13H15FN2O3S. The number of furan rings is 1. The molecule has 2 aromatic rings. The molecule has 1 N–H and O–H groups in total. The Kier molecular flexibility index (Phi) is 3.92. The number of hydrogen-bond acceptors (Lipinski definition) is 4. The summed E-state index contributed by atoms with van der Waals surface area (Å²) < 4.78 is 45.5. The molecule has 0 aliphatic carbocycles. The van der Waals surface area contributed by atoms with E-state index in [1.165, 1.54) is 12.3 Å². The number of nitrogens with zero attached hydrogens (tertiary/aromatic N) is 1. The summed E-state index contributed by atoms with van der Waals surface area (Å²) in [7, 11) is -4.02. The molecule has 108 valence electrons. The third kappa shape index (κ3) is 2.88. The van der Waals surface area contributed by atoms with Gasteiger partial charge in [0.25, 0.3) is 10.0 Å². The first kappa shape index (κ1) is 14.7. The standard InChI is InChI=1S/C13H15FN2O3S/c1-8-7-11(10(3)19-8)9(2)16-20(17,18)13-12(14)5-4-6-15-13/h4-7,9,16H,1-3H3. The minimum absolute atomic E-state index is 0.543. The molecule has 0 aliphatic rings. The van der Waals surface area contributed by atoms with Crippen LogP contribution in [0.5, 0.6) is 0 Å². The van der Waals surface area contributed by atoms with Gasteiger partial charge in [0.2, 0.25) is 5.03 Å². The van der Waals surface area contributed by atoms with Gasteiger partial charge >= 0.3 is 0 Å². The van der Waals surface area contributed by atoms with Gasteiger partial charge in [0, 0.05) is 17.8 Å². The average Bonchev–Trinajstić information content (AvgIpc) is 2.68. The molecule has 5 nitrogen and oxygen atoms in total. The summed E-state index contributed by atoms with van der Waals surface area (Å²) in [6.45, 7) is 5.18. The molecule has 2 heterocycles. The fraction of sp³-hybridized carbons (Fsp3) is 0.308. The quantitative estimate of drug-likeness (QED) is 0.941. The summed E-state index contributed by atoms with van der Waals surface area (Å²) in [6.07, 6.45) is 1.23. The highest BCUT2D eigenvalue weighted by Gasteiger charge is 2.24. The van der Waals surface area contributed by atoms with Crippen LogP contribution in [0.3, 0.4) is 0 Å². The molecule has 0 amide bonds. The molecule has 0 spiro atoms. The molecule has 0 bridgehead atoms. The zero-order valence-corrected chi connectivity index (χ0v) is 12.2. The van der Waals surface area contributed by atoms with Crippen molar-refractivity contribution in [3.8, 4) is 0 Å². The van der Waals surface area contributed by atoms with E-state index < -0.39 is 26.9 Å². The Morgan fingerprint density at radius 2 is 2.10 bits per heavy atom. The van der Waals surface area contributed by atoms with E-state index in [0.29, 0.717) is 17.1 Å². The van der Waals surface area contributed by atoms with Crippen molar-refractivity contribution < 1.29 is 17.2 Å². The number of aromatic nitrogens is 1. The maximum atomic E-state index is 13.5. The van der Waals surface area contributed by atoms with Crippen molar-refractivity contribution in [3.05, 3.63) is 47.3 Å². The van der Waals surface area contributed by atoms with Crippen molar-refractivity contribution in [2.24, 2.45) is 0 Å². The van der Waals surface area contributed by atoms with Crippen molar-refractivity contribution in [3.63, 3.8) is 0 Å². The van der Waals surface area contributed by atoms with Gasteiger partial charge in [-0.15, -0.1) is 0 Å². The summed E-state index contributed by atoms with van der Waals surface area (Å²) in [5.74, 6) is 0.430. The third-order valence-electron chi connectivity index (χ3n) is 2.86. The number of rotatable bonds is 4. The Balaban J connectivity index is 2.29. The lowest BCUT2D eigenvalue weighted by atomic mass is 10.1. The number of nitrogens with one attached hydrogen (secondary N) is 1. The van der Waals surface area contributed by atoms with Crippen LogP contribution < -0.4 is 4.72 Å². The van der Waals surface area contributed by atoms with Crippen LogP contribution in [0.4, 0.5) is 4.39 Å².